The van der Waals surface area contributed by atoms with E-state index in [1.165, 1.54) is 12.1 Å². The second-order valence-electron chi connectivity index (χ2n) is 5.51. The fourth-order valence-electron chi connectivity index (χ4n) is 2.89. The molecule has 134 valence electrons. The van der Waals surface area contributed by atoms with Crippen molar-refractivity contribution in [3.05, 3.63) is 59.5 Å². The van der Waals surface area contributed by atoms with Crippen LogP contribution in [0.2, 0.25) is 0 Å². The average molecular weight is 353 g/mol. The molecule has 0 bridgehead atoms. The summed E-state index contributed by atoms with van der Waals surface area (Å²) in [6.45, 7) is 4.01. The minimum Gasteiger partial charge on any atom is -0.497 e. The van der Waals surface area contributed by atoms with Crippen molar-refractivity contribution in [2.75, 3.05) is 19.0 Å². The summed E-state index contributed by atoms with van der Waals surface area (Å²) in [5.41, 5.74) is 3.40. The molecule has 4 rings (SSSR count). The van der Waals surface area contributed by atoms with Crippen molar-refractivity contribution in [1.29, 1.82) is 0 Å². The predicted octanol–water partition coefficient (Wildman–Crippen LogP) is 4.13. The van der Waals surface area contributed by atoms with Crippen LogP contribution in [-0.4, -0.2) is 30.3 Å². The van der Waals surface area contributed by atoms with Crippen LogP contribution in [0.25, 0.3) is 10.9 Å². The minimum atomic E-state index is -0.359. The summed E-state index contributed by atoms with van der Waals surface area (Å²) in [6.07, 6.45) is 0. The number of anilines is 1. The molecular weight excluding hydrogens is 333 g/mol. The van der Waals surface area contributed by atoms with E-state index in [9.17, 15) is 9.18 Å². The van der Waals surface area contributed by atoms with E-state index in [2.05, 4.69) is 15.3 Å². The third kappa shape index (κ3) is 3.18. The van der Waals surface area contributed by atoms with Gasteiger partial charge in [-0.1, -0.05) is 26.0 Å². The molecule has 2 aromatic carbocycles. The molecule has 0 unspecified atom stereocenters. The van der Waals surface area contributed by atoms with Gasteiger partial charge in [0.15, 0.2) is 0 Å². The lowest BCUT2D eigenvalue weighted by Crippen LogP contribution is -2.13. The molecule has 26 heavy (non-hydrogen) atoms. The Morgan fingerprint density at radius 3 is 2.73 bits per heavy atom. The summed E-state index contributed by atoms with van der Waals surface area (Å²) in [5.74, 6) is 0.101. The Hall–Kier alpha value is -3.15. The van der Waals surface area contributed by atoms with Gasteiger partial charge in [-0.25, -0.2) is 4.39 Å². The van der Waals surface area contributed by atoms with Crippen LogP contribution in [0.15, 0.2) is 47.5 Å². The number of hydrogen-bond acceptors (Lipinski definition) is 3. The highest BCUT2D eigenvalue weighted by atomic mass is 19.1. The number of hydrogen-bond donors (Lipinski definition) is 2. The van der Waals surface area contributed by atoms with Crippen molar-refractivity contribution < 1.29 is 13.9 Å². The number of carbonyl (C=O) groups excluding carboxylic acids is 1. The molecule has 3 aromatic rings. The van der Waals surface area contributed by atoms with Crippen LogP contribution in [0.1, 0.15) is 25.1 Å². The highest BCUT2D eigenvalue weighted by Gasteiger charge is 2.23. The van der Waals surface area contributed by atoms with Crippen molar-refractivity contribution in [2.24, 2.45) is 4.99 Å². The van der Waals surface area contributed by atoms with Crippen LogP contribution in [0.5, 0.6) is 5.75 Å². The molecule has 5 nitrogen and oxygen atoms in total. The first-order chi connectivity index (χ1) is 12.7. The van der Waals surface area contributed by atoms with Gasteiger partial charge in [-0.2, -0.15) is 0 Å². The van der Waals surface area contributed by atoms with Crippen LogP contribution >= 0.6 is 0 Å². The third-order valence-corrected chi connectivity index (χ3v) is 3.99. The van der Waals surface area contributed by atoms with Gasteiger partial charge in [0.05, 0.1) is 24.2 Å². The number of H-pyrrole nitrogens is 1. The first kappa shape index (κ1) is 17.7. The van der Waals surface area contributed by atoms with Crippen molar-refractivity contribution in [2.45, 2.75) is 13.8 Å². The zero-order valence-electron chi connectivity index (χ0n) is 14.9. The quantitative estimate of drug-likeness (QED) is 0.727. The molecule has 0 spiro atoms. The van der Waals surface area contributed by atoms with Gasteiger partial charge in [0.25, 0.3) is 0 Å². The standard InChI is InChI=1S/C18H14FN3O2.C2H6/c1-24-12-4-2-3-10(7-12)16-18-17(22-15(23)9-20-16)13-8-11(19)5-6-14(13)21-18;1-2/h2-8,21H,9H2,1H3,(H,22,23);1-2H3. The zero-order valence-corrected chi connectivity index (χ0v) is 14.9. The van der Waals surface area contributed by atoms with Crippen LogP contribution in [-0.2, 0) is 4.79 Å². The van der Waals surface area contributed by atoms with Crippen molar-refractivity contribution in [3.63, 3.8) is 0 Å². The van der Waals surface area contributed by atoms with E-state index in [0.29, 0.717) is 28.2 Å². The highest BCUT2D eigenvalue weighted by Crippen LogP contribution is 2.32. The second kappa shape index (κ2) is 7.39. The van der Waals surface area contributed by atoms with Gasteiger partial charge in [-0.05, 0) is 30.3 Å². The Bertz CT molecular complexity index is 992. The molecule has 0 saturated carbocycles. The number of nitrogens with one attached hydrogen (secondary N) is 2. The normalized spacial score (nSPS) is 13.1. The van der Waals surface area contributed by atoms with Crippen molar-refractivity contribution >= 4 is 28.2 Å². The molecule has 1 aliphatic rings. The Morgan fingerprint density at radius 2 is 1.96 bits per heavy atom. The molecule has 0 saturated heterocycles. The summed E-state index contributed by atoms with van der Waals surface area (Å²) in [6, 6.07) is 11.9. The van der Waals surface area contributed by atoms with Crippen molar-refractivity contribution in [3.8, 4) is 5.75 Å². The summed E-state index contributed by atoms with van der Waals surface area (Å²) in [5, 5.41) is 3.44. The Morgan fingerprint density at radius 1 is 1.15 bits per heavy atom. The smallest absolute Gasteiger partial charge is 0.246 e. The van der Waals surface area contributed by atoms with E-state index < -0.39 is 0 Å². The molecule has 1 amide bonds. The summed E-state index contributed by atoms with van der Waals surface area (Å²) >= 11 is 0. The highest BCUT2D eigenvalue weighted by molar-refractivity contribution is 6.22. The number of amides is 1. The maximum Gasteiger partial charge on any atom is 0.246 e. The summed E-state index contributed by atoms with van der Waals surface area (Å²) in [7, 11) is 1.59. The van der Waals surface area contributed by atoms with Gasteiger partial charge in [-0.3, -0.25) is 9.79 Å². The zero-order chi connectivity index (χ0) is 18.7. The van der Waals surface area contributed by atoms with Crippen LogP contribution < -0.4 is 10.1 Å². The number of fused-ring (bicyclic) bond motifs is 3. The van der Waals surface area contributed by atoms with Crippen LogP contribution in [0, 0.1) is 5.82 Å². The van der Waals surface area contributed by atoms with Gasteiger partial charge >= 0.3 is 0 Å². The SMILES string of the molecule is CC.COc1cccc(C2=NCC(=O)Nc3c2[nH]c2ccc(F)cc32)c1. The van der Waals surface area contributed by atoms with E-state index in [0.717, 1.165) is 11.1 Å². The maximum atomic E-state index is 13.6. The fourth-order valence-corrected chi connectivity index (χ4v) is 2.89. The van der Waals surface area contributed by atoms with E-state index in [4.69, 9.17) is 4.74 Å². The monoisotopic (exact) mass is 353 g/mol. The van der Waals surface area contributed by atoms with Crippen molar-refractivity contribution in [1.82, 2.24) is 4.98 Å². The molecule has 1 aliphatic heterocycles. The Balaban J connectivity index is 0.000000948. The van der Waals surface area contributed by atoms with E-state index in [-0.39, 0.29) is 18.3 Å². The molecule has 0 aliphatic carbocycles. The van der Waals surface area contributed by atoms with Crippen LogP contribution in [0.3, 0.4) is 0 Å². The molecule has 0 fully saturated rings. The topological polar surface area (TPSA) is 66.5 Å². The number of aromatic nitrogens is 1. The minimum absolute atomic E-state index is 0.00583. The molecule has 1 aromatic heterocycles. The van der Waals surface area contributed by atoms with Gasteiger partial charge in [0.1, 0.15) is 18.1 Å². The largest absolute Gasteiger partial charge is 0.497 e. The molecule has 0 atom stereocenters. The molecule has 2 heterocycles. The fraction of sp³-hybridized carbons (Fsp3) is 0.200. The van der Waals surface area contributed by atoms with Gasteiger partial charge < -0.3 is 15.0 Å². The lowest BCUT2D eigenvalue weighted by molar-refractivity contribution is -0.114. The first-order valence-electron chi connectivity index (χ1n) is 8.46. The summed E-state index contributed by atoms with van der Waals surface area (Å²) in [4.78, 5) is 19.7. The van der Waals surface area contributed by atoms with E-state index in [1.807, 2.05) is 38.1 Å². The lowest BCUT2D eigenvalue weighted by Gasteiger charge is -2.07. The van der Waals surface area contributed by atoms with Gasteiger partial charge in [-0.15, -0.1) is 0 Å². The number of rotatable bonds is 2. The predicted molar refractivity (Wildman–Crippen MR) is 102 cm³/mol. The first-order valence-corrected chi connectivity index (χ1v) is 8.46. The molecule has 6 heteroatoms. The van der Waals surface area contributed by atoms with E-state index >= 15 is 0 Å². The number of methoxy groups -OCH3 is 1. The van der Waals surface area contributed by atoms with Gasteiger partial charge in [0, 0.05) is 16.5 Å². The number of carbonyl (C=O) groups is 1. The Labute approximate surface area is 150 Å². The second-order valence-corrected chi connectivity index (χ2v) is 5.51. The van der Waals surface area contributed by atoms with E-state index in [1.54, 1.807) is 13.2 Å². The van der Waals surface area contributed by atoms with Gasteiger partial charge in [0.2, 0.25) is 5.91 Å². The number of aromatic amines is 1. The third-order valence-electron chi connectivity index (χ3n) is 3.99. The summed E-state index contributed by atoms with van der Waals surface area (Å²) < 4.78 is 18.9. The Kier molecular flexibility index (Phi) is 5.02. The lowest BCUT2D eigenvalue weighted by atomic mass is 10.1. The number of nitrogens with zero attached hydrogens (tertiary/aromatic N) is 1. The molecular formula is C20H20FN3O2. The average Bonchev–Trinajstić information content (AvgIpc) is 2.92. The molecule has 2 N–H and O–H groups in total. The number of benzene rings is 2. The number of aliphatic imine (C=N–C) groups is 1. The van der Waals surface area contributed by atoms with Crippen LogP contribution in [0.4, 0.5) is 10.1 Å². The number of halogens is 1. The maximum absolute atomic E-state index is 13.6. The number of ether oxygens (including phenoxy) is 1. The molecule has 0 radical (unpaired) electrons.